The van der Waals surface area contributed by atoms with Crippen molar-refractivity contribution in [2.75, 3.05) is 19.8 Å². The third kappa shape index (κ3) is 6.01. The van der Waals surface area contributed by atoms with Crippen molar-refractivity contribution in [1.29, 1.82) is 0 Å². The normalized spacial score (nSPS) is 11.7. The van der Waals surface area contributed by atoms with Crippen molar-refractivity contribution in [3.05, 3.63) is 28.8 Å². The molecule has 0 bridgehead atoms. The van der Waals surface area contributed by atoms with Gasteiger partial charge >= 0.3 is 6.18 Å². The van der Waals surface area contributed by atoms with Gasteiger partial charge in [0.15, 0.2) is 0 Å². The van der Waals surface area contributed by atoms with Crippen molar-refractivity contribution in [3.8, 4) is 5.75 Å². The largest absolute Gasteiger partial charge is 0.493 e. The van der Waals surface area contributed by atoms with E-state index in [2.05, 4.69) is 4.74 Å². The Kier molecular flexibility index (Phi) is 6.62. The first-order valence-electron chi connectivity index (χ1n) is 6.27. The molecule has 114 valence electrons. The Morgan fingerprint density at radius 2 is 1.70 bits per heavy atom. The Bertz CT molecular complexity index is 410. The second kappa shape index (κ2) is 7.74. The molecule has 0 aliphatic rings. The average Bonchev–Trinajstić information content (AvgIpc) is 2.34. The molecule has 0 N–H and O–H groups in total. The van der Waals surface area contributed by atoms with E-state index in [4.69, 9.17) is 16.3 Å². The standard InChI is InChI=1S/C14H18ClF3O2/c1-10-6-12(8-15)7-11(2)13(10)20-5-3-4-19-9-14(16,17)18/h6-7H,3-5,8-9H2,1-2H3. The van der Waals surface area contributed by atoms with Crippen LogP contribution in [-0.2, 0) is 10.6 Å². The Balaban J connectivity index is 2.36. The molecule has 0 atom stereocenters. The van der Waals surface area contributed by atoms with Crippen LogP contribution in [0.3, 0.4) is 0 Å². The van der Waals surface area contributed by atoms with Crippen molar-refractivity contribution in [3.63, 3.8) is 0 Å². The van der Waals surface area contributed by atoms with Gasteiger partial charge in [0.1, 0.15) is 12.4 Å². The first kappa shape index (κ1) is 17.1. The van der Waals surface area contributed by atoms with Gasteiger partial charge in [-0.25, -0.2) is 0 Å². The summed E-state index contributed by atoms with van der Waals surface area (Å²) in [6.45, 7) is 2.96. The summed E-state index contributed by atoms with van der Waals surface area (Å²) in [6, 6.07) is 3.88. The zero-order valence-electron chi connectivity index (χ0n) is 11.5. The van der Waals surface area contributed by atoms with Crippen LogP contribution in [-0.4, -0.2) is 26.0 Å². The molecule has 1 rings (SSSR count). The monoisotopic (exact) mass is 310 g/mol. The van der Waals surface area contributed by atoms with Crippen LogP contribution < -0.4 is 4.74 Å². The van der Waals surface area contributed by atoms with Gasteiger partial charge in [-0.15, -0.1) is 11.6 Å². The lowest BCUT2D eigenvalue weighted by molar-refractivity contribution is -0.174. The van der Waals surface area contributed by atoms with Gasteiger partial charge in [0.25, 0.3) is 0 Å². The molecule has 0 radical (unpaired) electrons. The molecule has 0 amide bonds. The molecule has 20 heavy (non-hydrogen) atoms. The second-order valence-corrected chi connectivity index (χ2v) is 4.83. The van der Waals surface area contributed by atoms with Crippen molar-refractivity contribution < 1.29 is 22.6 Å². The lowest BCUT2D eigenvalue weighted by atomic mass is 10.1. The van der Waals surface area contributed by atoms with Gasteiger partial charge in [0.2, 0.25) is 0 Å². The van der Waals surface area contributed by atoms with Crippen molar-refractivity contribution >= 4 is 11.6 Å². The van der Waals surface area contributed by atoms with E-state index in [1.807, 2.05) is 26.0 Å². The Hall–Kier alpha value is -0.940. The minimum absolute atomic E-state index is 0.0252. The van der Waals surface area contributed by atoms with E-state index in [0.717, 1.165) is 22.4 Å². The molecule has 0 saturated carbocycles. The maximum absolute atomic E-state index is 11.8. The molecule has 0 aromatic heterocycles. The SMILES string of the molecule is Cc1cc(CCl)cc(C)c1OCCCOCC(F)(F)F. The highest BCUT2D eigenvalue weighted by molar-refractivity contribution is 6.17. The summed E-state index contributed by atoms with van der Waals surface area (Å²) >= 11 is 5.77. The molecule has 2 nitrogen and oxygen atoms in total. The molecular weight excluding hydrogens is 293 g/mol. The number of rotatable bonds is 7. The third-order valence-electron chi connectivity index (χ3n) is 2.62. The Morgan fingerprint density at radius 1 is 1.10 bits per heavy atom. The number of hydrogen-bond acceptors (Lipinski definition) is 2. The van der Waals surface area contributed by atoms with Crippen LogP contribution >= 0.6 is 11.6 Å². The van der Waals surface area contributed by atoms with E-state index in [-0.39, 0.29) is 6.61 Å². The van der Waals surface area contributed by atoms with Crippen LogP contribution in [0.25, 0.3) is 0 Å². The molecule has 6 heteroatoms. The maximum atomic E-state index is 11.8. The number of aryl methyl sites for hydroxylation is 2. The molecule has 0 saturated heterocycles. The summed E-state index contributed by atoms with van der Waals surface area (Å²) in [5.41, 5.74) is 2.95. The molecule has 0 heterocycles. The molecule has 0 aliphatic carbocycles. The minimum atomic E-state index is -4.27. The van der Waals surface area contributed by atoms with E-state index in [1.165, 1.54) is 0 Å². The van der Waals surface area contributed by atoms with Crippen molar-refractivity contribution in [1.82, 2.24) is 0 Å². The zero-order chi connectivity index (χ0) is 15.2. The predicted octanol–water partition coefficient (Wildman–Crippen LogP) is 4.39. The molecule has 0 fully saturated rings. The number of hydrogen-bond donors (Lipinski definition) is 0. The number of halogens is 4. The van der Waals surface area contributed by atoms with Crippen LogP contribution in [0.5, 0.6) is 5.75 Å². The summed E-state index contributed by atoms with van der Waals surface area (Å²) in [5.74, 6) is 1.20. The van der Waals surface area contributed by atoms with Crippen molar-refractivity contribution in [2.45, 2.75) is 32.3 Å². The van der Waals surface area contributed by atoms with Gasteiger partial charge in [-0.05, 0) is 30.5 Å². The second-order valence-electron chi connectivity index (χ2n) is 4.56. The molecule has 1 aromatic carbocycles. The summed E-state index contributed by atoms with van der Waals surface area (Å²) in [7, 11) is 0. The summed E-state index contributed by atoms with van der Waals surface area (Å²) < 4.78 is 45.6. The quantitative estimate of drug-likeness (QED) is 0.549. The van der Waals surface area contributed by atoms with Gasteiger partial charge in [-0.2, -0.15) is 13.2 Å². The highest BCUT2D eigenvalue weighted by Gasteiger charge is 2.27. The Morgan fingerprint density at radius 3 is 2.20 bits per heavy atom. The van der Waals surface area contributed by atoms with Crippen LogP contribution in [0.4, 0.5) is 13.2 Å². The topological polar surface area (TPSA) is 18.5 Å². The molecular formula is C14H18ClF3O2. The van der Waals surface area contributed by atoms with Gasteiger partial charge in [-0.1, -0.05) is 12.1 Å². The fraction of sp³-hybridized carbons (Fsp3) is 0.571. The molecule has 0 spiro atoms. The molecule has 1 aromatic rings. The number of ether oxygens (including phenoxy) is 2. The van der Waals surface area contributed by atoms with Crippen LogP contribution in [0.15, 0.2) is 12.1 Å². The lowest BCUT2D eigenvalue weighted by Crippen LogP contribution is -2.18. The Labute approximate surface area is 121 Å². The smallest absolute Gasteiger partial charge is 0.411 e. The molecule has 0 aliphatic heterocycles. The van der Waals surface area contributed by atoms with Gasteiger partial charge in [0, 0.05) is 12.3 Å². The van der Waals surface area contributed by atoms with Gasteiger partial charge in [0.05, 0.1) is 13.2 Å². The zero-order valence-corrected chi connectivity index (χ0v) is 12.3. The summed E-state index contributed by atoms with van der Waals surface area (Å²) in [6.07, 6.45) is -3.86. The fourth-order valence-electron chi connectivity index (χ4n) is 1.87. The fourth-order valence-corrected chi connectivity index (χ4v) is 2.02. The minimum Gasteiger partial charge on any atom is -0.493 e. The van der Waals surface area contributed by atoms with Gasteiger partial charge in [-0.3, -0.25) is 0 Å². The highest BCUT2D eigenvalue weighted by atomic mass is 35.5. The number of alkyl halides is 4. The van der Waals surface area contributed by atoms with E-state index in [1.54, 1.807) is 0 Å². The highest BCUT2D eigenvalue weighted by Crippen LogP contribution is 2.25. The summed E-state index contributed by atoms with van der Waals surface area (Å²) in [5, 5.41) is 0. The number of benzene rings is 1. The van der Waals surface area contributed by atoms with E-state index >= 15 is 0 Å². The van der Waals surface area contributed by atoms with E-state index in [9.17, 15) is 13.2 Å². The average molecular weight is 311 g/mol. The molecule has 0 unspecified atom stereocenters. The van der Waals surface area contributed by atoms with Crippen molar-refractivity contribution in [2.24, 2.45) is 0 Å². The first-order chi connectivity index (χ1) is 9.33. The third-order valence-corrected chi connectivity index (χ3v) is 2.93. The van der Waals surface area contributed by atoms with E-state index in [0.29, 0.717) is 18.9 Å². The van der Waals surface area contributed by atoms with Gasteiger partial charge < -0.3 is 9.47 Å². The van der Waals surface area contributed by atoms with Crippen LogP contribution in [0.1, 0.15) is 23.1 Å². The van der Waals surface area contributed by atoms with Crippen LogP contribution in [0.2, 0.25) is 0 Å². The van der Waals surface area contributed by atoms with Crippen LogP contribution in [0, 0.1) is 13.8 Å². The lowest BCUT2D eigenvalue weighted by Gasteiger charge is -2.14. The first-order valence-corrected chi connectivity index (χ1v) is 6.80. The predicted molar refractivity (Wildman–Crippen MR) is 72.5 cm³/mol. The summed E-state index contributed by atoms with van der Waals surface area (Å²) in [4.78, 5) is 0. The van der Waals surface area contributed by atoms with E-state index < -0.39 is 12.8 Å². The maximum Gasteiger partial charge on any atom is 0.411 e.